The van der Waals surface area contributed by atoms with Gasteiger partial charge in [-0.25, -0.2) is 0 Å². The van der Waals surface area contributed by atoms with Crippen molar-refractivity contribution in [3.05, 3.63) is 64.8 Å². The fraction of sp³-hybridized carbons (Fsp3) is 0. The predicted molar refractivity (Wildman–Crippen MR) is 119 cm³/mol. The highest BCUT2D eigenvalue weighted by Gasteiger charge is 2.17. The molecule has 0 amide bonds. The minimum Gasteiger partial charge on any atom is -0.493 e. The number of aromatic nitrogens is 1. The molecular formula is C18H9Br2ClN2OS2. The van der Waals surface area contributed by atoms with Gasteiger partial charge in [0, 0.05) is 26.3 Å². The molecule has 1 aliphatic heterocycles. The second kappa shape index (κ2) is 7.05. The largest absolute Gasteiger partial charge is 0.493 e. The lowest BCUT2D eigenvalue weighted by molar-refractivity contribution is 0.441. The normalized spacial score (nSPS) is 14.2. The summed E-state index contributed by atoms with van der Waals surface area (Å²) < 4.78 is 3.91. The van der Waals surface area contributed by atoms with E-state index in [1.54, 1.807) is 16.8 Å². The summed E-state index contributed by atoms with van der Waals surface area (Å²) in [6, 6.07) is 11.3. The molecule has 0 saturated carbocycles. The summed E-state index contributed by atoms with van der Waals surface area (Å²) in [5, 5.41) is 11.3. The van der Waals surface area contributed by atoms with Gasteiger partial charge < -0.3 is 5.11 Å². The number of hydrogen-bond acceptors (Lipinski definition) is 4. The molecule has 1 N–H and O–H groups in total. The van der Waals surface area contributed by atoms with Crippen LogP contribution in [-0.2, 0) is 0 Å². The molecule has 0 unspecified atom stereocenters. The van der Waals surface area contributed by atoms with Crippen LogP contribution in [0.5, 0.6) is 5.88 Å². The van der Waals surface area contributed by atoms with Gasteiger partial charge in [-0.3, -0.25) is 9.56 Å². The van der Waals surface area contributed by atoms with Crippen LogP contribution in [-0.4, -0.2) is 15.9 Å². The van der Waals surface area contributed by atoms with Crippen molar-refractivity contribution < 1.29 is 5.11 Å². The molecule has 1 aromatic heterocycles. The maximum Gasteiger partial charge on any atom is 0.215 e. The summed E-state index contributed by atoms with van der Waals surface area (Å²) in [5.74, 6) is 0.0859. The van der Waals surface area contributed by atoms with Crippen LogP contribution in [0.25, 0.3) is 17.3 Å². The highest BCUT2D eigenvalue weighted by atomic mass is 79.9. The Morgan fingerprint density at radius 3 is 2.77 bits per heavy atom. The predicted octanol–water partition coefficient (Wildman–Crippen LogP) is 7.41. The molecule has 2 heterocycles. The average molecular weight is 529 g/mol. The Labute approximate surface area is 180 Å². The SMILES string of the molecule is Oc1c(C=C2C=Nc3ccc(Br)cc32)sc(=S)n1-c1ccc(Br)c(Cl)c1. The van der Waals surface area contributed by atoms with Gasteiger partial charge in [-0.15, -0.1) is 11.3 Å². The molecule has 3 nitrogen and oxygen atoms in total. The van der Waals surface area contributed by atoms with E-state index in [1.165, 1.54) is 11.3 Å². The van der Waals surface area contributed by atoms with Crippen LogP contribution in [0.1, 0.15) is 10.4 Å². The van der Waals surface area contributed by atoms with Crippen LogP contribution in [0.15, 0.2) is 50.3 Å². The van der Waals surface area contributed by atoms with Crippen molar-refractivity contribution in [1.82, 2.24) is 4.57 Å². The molecule has 0 atom stereocenters. The van der Waals surface area contributed by atoms with Crippen molar-refractivity contribution in [3.63, 3.8) is 0 Å². The van der Waals surface area contributed by atoms with Crippen LogP contribution in [0.4, 0.5) is 5.69 Å². The first kappa shape index (κ1) is 18.1. The van der Waals surface area contributed by atoms with Crippen molar-refractivity contribution in [1.29, 1.82) is 0 Å². The molecule has 8 heteroatoms. The lowest BCUT2D eigenvalue weighted by atomic mass is 10.1. The minimum absolute atomic E-state index is 0.0859. The van der Waals surface area contributed by atoms with Crippen molar-refractivity contribution in [2.24, 2.45) is 4.99 Å². The van der Waals surface area contributed by atoms with Crippen molar-refractivity contribution in [3.8, 4) is 11.6 Å². The monoisotopic (exact) mass is 526 g/mol. The van der Waals surface area contributed by atoms with E-state index in [4.69, 9.17) is 23.8 Å². The van der Waals surface area contributed by atoms with Gasteiger partial charge in [0.1, 0.15) is 0 Å². The maximum atomic E-state index is 10.7. The van der Waals surface area contributed by atoms with Gasteiger partial charge in [-0.2, -0.15) is 0 Å². The Kier molecular flexibility index (Phi) is 4.92. The van der Waals surface area contributed by atoms with Gasteiger partial charge in [0.25, 0.3) is 0 Å². The van der Waals surface area contributed by atoms with Crippen molar-refractivity contribution in [2.45, 2.75) is 0 Å². The molecule has 2 aromatic carbocycles. The number of aromatic hydroxyl groups is 1. The van der Waals surface area contributed by atoms with E-state index < -0.39 is 0 Å². The van der Waals surface area contributed by atoms with E-state index in [2.05, 4.69) is 36.9 Å². The maximum absolute atomic E-state index is 10.7. The number of fused-ring (bicyclic) bond motifs is 1. The van der Waals surface area contributed by atoms with Crippen molar-refractivity contribution in [2.75, 3.05) is 0 Å². The van der Waals surface area contributed by atoms with Gasteiger partial charge in [0.15, 0.2) is 3.95 Å². The third-order valence-corrected chi connectivity index (χ3v) is 6.91. The van der Waals surface area contributed by atoms with Crippen LogP contribution in [0.2, 0.25) is 5.02 Å². The third-order valence-electron chi connectivity index (χ3n) is 3.87. The first-order valence-corrected chi connectivity index (χ1v) is 10.6. The zero-order chi connectivity index (χ0) is 18.4. The smallest absolute Gasteiger partial charge is 0.215 e. The number of allylic oxidation sites excluding steroid dienone is 1. The van der Waals surface area contributed by atoms with Crippen LogP contribution >= 0.6 is 67.0 Å². The quantitative estimate of drug-likeness (QED) is 0.352. The van der Waals surface area contributed by atoms with E-state index in [1.807, 2.05) is 36.4 Å². The summed E-state index contributed by atoms with van der Waals surface area (Å²) in [4.78, 5) is 5.08. The Bertz CT molecular complexity index is 1160. The first-order valence-electron chi connectivity index (χ1n) is 7.40. The van der Waals surface area contributed by atoms with Crippen LogP contribution < -0.4 is 0 Å². The van der Waals surface area contributed by atoms with Crippen LogP contribution in [0.3, 0.4) is 0 Å². The first-order chi connectivity index (χ1) is 12.4. The van der Waals surface area contributed by atoms with E-state index in [0.717, 1.165) is 25.8 Å². The summed E-state index contributed by atoms with van der Waals surface area (Å²) in [6.07, 6.45) is 3.69. The second-order valence-electron chi connectivity index (χ2n) is 5.51. The summed E-state index contributed by atoms with van der Waals surface area (Å²) >= 11 is 19.8. The van der Waals surface area contributed by atoms with Crippen LogP contribution in [0, 0.1) is 3.95 Å². The highest BCUT2D eigenvalue weighted by molar-refractivity contribution is 9.10. The standard InChI is InChI=1S/C18H9Br2ClN2OS2/c19-10-1-4-15-12(6-10)9(8-22-15)5-16-17(24)23(18(25)26-16)11-2-3-13(20)14(21)7-11/h1-8,24H. The molecule has 1 aliphatic rings. The summed E-state index contributed by atoms with van der Waals surface area (Å²) in [7, 11) is 0. The Morgan fingerprint density at radius 2 is 2.00 bits per heavy atom. The molecule has 0 radical (unpaired) electrons. The van der Waals surface area contributed by atoms with Gasteiger partial charge in [0.05, 0.1) is 21.3 Å². The molecule has 3 aromatic rings. The average Bonchev–Trinajstić information content (AvgIpc) is 3.11. The molecule has 0 aliphatic carbocycles. The fourth-order valence-electron chi connectivity index (χ4n) is 2.64. The lowest BCUT2D eigenvalue weighted by Gasteiger charge is -2.06. The molecule has 4 rings (SSSR count). The molecule has 0 bridgehead atoms. The Morgan fingerprint density at radius 1 is 1.19 bits per heavy atom. The Hall–Kier alpha value is -1.25. The lowest BCUT2D eigenvalue weighted by Crippen LogP contribution is -1.93. The summed E-state index contributed by atoms with van der Waals surface area (Å²) in [5.41, 5.74) is 3.55. The number of thiazole rings is 1. The number of nitrogens with zero attached hydrogens (tertiary/aromatic N) is 2. The van der Waals surface area contributed by atoms with E-state index in [0.29, 0.717) is 19.5 Å². The minimum atomic E-state index is 0.0859. The molecule has 0 fully saturated rings. The van der Waals surface area contributed by atoms with Gasteiger partial charge in [-0.05, 0) is 70.6 Å². The number of rotatable bonds is 2. The Balaban J connectivity index is 1.82. The van der Waals surface area contributed by atoms with Gasteiger partial charge in [-0.1, -0.05) is 27.5 Å². The van der Waals surface area contributed by atoms with Gasteiger partial charge >= 0.3 is 0 Å². The number of hydrogen-bond donors (Lipinski definition) is 1. The van der Waals surface area contributed by atoms with Gasteiger partial charge in [0.2, 0.25) is 5.88 Å². The fourth-order valence-corrected chi connectivity index (χ4v) is 4.73. The second-order valence-corrected chi connectivity index (χ2v) is 9.36. The van der Waals surface area contributed by atoms with E-state index in [9.17, 15) is 5.11 Å². The third kappa shape index (κ3) is 3.23. The van der Waals surface area contributed by atoms with E-state index >= 15 is 0 Å². The number of aliphatic imine (C=N–C) groups is 1. The molecule has 130 valence electrons. The molecule has 26 heavy (non-hydrogen) atoms. The molecule has 0 spiro atoms. The zero-order valence-corrected chi connectivity index (χ0v) is 18.5. The molecule has 0 saturated heterocycles. The zero-order valence-electron chi connectivity index (χ0n) is 12.9. The highest BCUT2D eigenvalue weighted by Crippen LogP contribution is 2.38. The number of halogens is 3. The van der Waals surface area contributed by atoms with Crippen molar-refractivity contribution >= 4 is 90.6 Å². The number of benzene rings is 2. The van der Waals surface area contributed by atoms with E-state index in [-0.39, 0.29) is 5.88 Å². The topological polar surface area (TPSA) is 37.5 Å². The molecular weight excluding hydrogens is 520 g/mol. The summed E-state index contributed by atoms with van der Waals surface area (Å²) in [6.45, 7) is 0.